The Balaban J connectivity index is 2.12. The lowest BCUT2D eigenvalue weighted by Gasteiger charge is -2.24. The largest absolute Gasteiger partial charge is 0.394 e. The van der Waals surface area contributed by atoms with Crippen LogP contribution < -0.4 is 11.1 Å². The van der Waals surface area contributed by atoms with Gasteiger partial charge in [0.1, 0.15) is 5.82 Å². The van der Waals surface area contributed by atoms with Gasteiger partial charge in [-0.25, -0.2) is 4.68 Å². The lowest BCUT2D eigenvalue weighted by molar-refractivity contribution is 0.587. The maximum atomic E-state index is 6.10. The third-order valence-electron chi connectivity index (χ3n) is 3.17. The molecular formula is C12H22N4S. The average molecular weight is 254 g/mol. The lowest BCUT2D eigenvalue weighted by atomic mass is 10.1. The molecule has 4 nitrogen and oxygen atoms in total. The molecule has 0 saturated carbocycles. The Morgan fingerprint density at radius 1 is 1.47 bits per heavy atom. The van der Waals surface area contributed by atoms with E-state index in [9.17, 15) is 0 Å². The van der Waals surface area contributed by atoms with Crippen molar-refractivity contribution < 1.29 is 0 Å². The molecule has 17 heavy (non-hydrogen) atoms. The minimum Gasteiger partial charge on any atom is -0.394 e. The molecule has 0 aliphatic carbocycles. The molecule has 96 valence electrons. The van der Waals surface area contributed by atoms with Crippen molar-refractivity contribution in [2.24, 2.45) is 0 Å². The Morgan fingerprint density at radius 3 is 2.82 bits per heavy atom. The fraction of sp³-hybridized carbons (Fsp3) is 0.750. The smallest absolute Gasteiger partial charge is 0.148 e. The van der Waals surface area contributed by atoms with Crippen LogP contribution in [0, 0.1) is 6.92 Å². The molecule has 0 amide bonds. The van der Waals surface area contributed by atoms with Gasteiger partial charge in [0.15, 0.2) is 0 Å². The van der Waals surface area contributed by atoms with Crippen LogP contribution in [-0.4, -0.2) is 27.3 Å². The van der Waals surface area contributed by atoms with Gasteiger partial charge in [-0.05, 0) is 37.7 Å². The highest BCUT2D eigenvalue weighted by Gasteiger charge is 2.18. The third kappa shape index (κ3) is 2.89. The number of aromatic nitrogens is 2. The summed E-state index contributed by atoms with van der Waals surface area (Å²) in [5.41, 5.74) is 7.85. The molecule has 5 heteroatoms. The monoisotopic (exact) mass is 254 g/mol. The predicted octanol–water partition coefficient (Wildman–Crippen LogP) is 2.49. The van der Waals surface area contributed by atoms with Crippen LogP contribution in [0.15, 0.2) is 0 Å². The quantitative estimate of drug-likeness (QED) is 0.867. The maximum Gasteiger partial charge on any atom is 0.148 e. The van der Waals surface area contributed by atoms with Gasteiger partial charge in [-0.3, -0.25) is 0 Å². The summed E-state index contributed by atoms with van der Waals surface area (Å²) < 4.78 is 2.02. The molecule has 2 heterocycles. The standard InChI is InChI=1S/C12H22N4S/c1-3-6-16-12(11(13)9(2)15-16)14-10-4-7-17-8-5-10/h10,14H,3-8,13H2,1-2H3. The van der Waals surface area contributed by atoms with Gasteiger partial charge < -0.3 is 11.1 Å². The van der Waals surface area contributed by atoms with Crippen molar-refractivity contribution in [3.63, 3.8) is 0 Å². The molecule has 0 atom stereocenters. The van der Waals surface area contributed by atoms with Crippen molar-refractivity contribution in [2.45, 2.75) is 45.7 Å². The fourth-order valence-electron chi connectivity index (χ4n) is 2.16. The van der Waals surface area contributed by atoms with Crippen molar-refractivity contribution in [3.8, 4) is 0 Å². The van der Waals surface area contributed by atoms with E-state index in [-0.39, 0.29) is 0 Å². The van der Waals surface area contributed by atoms with Crippen molar-refractivity contribution in [2.75, 3.05) is 22.6 Å². The topological polar surface area (TPSA) is 55.9 Å². The molecule has 1 saturated heterocycles. The highest BCUT2D eigenvalue weighted by molar-refractivity contribution is 7.99. The Kier molecular flexibility index (Phi) is 4.20. The number of thioether (sulfide) groups is 1. The maximum absolute atomic E-state index is 6.10. The van der Waals surface area contributed by atoms with Gasteiger partial charge in [0.05, 0.1) is 11.4 Å². The Labute approximate surface area is 107 Å². The Bertz CT molecular complexity index is 369. The number of nitrogens with one attached hydrogen (secondary N) is 1. The Morgan fingerprint density at radius 2 is 2.18 bits per heavy atom. The minimum atomic E-state index is 0.560. The Hall–Kier alpha value is -0.840. The number of nitrogens with zero attached hydrogens (tertiary/aromatic N) is 2. The van der Waals surface area contributed by atoms with E-state index in [4.69, 9.17) is 5.73 Å². The van der Waals surface area contributed by atoms with Crippen molar-refractivity contribution in [1.29, 1.82) is 0 Å². The van der Waals surface area contributed by atoms with Crippen LogP contribution in [0.1, 0.15) is 31.9 Å². The zero-order valence-corrected chi connectivity index (χ0v) is 11.5. The zero-order chi connectivity index (χ0) is 12.3. The van der Waals surface area contributed by atoms with E-state index < -0.39 is 0 Å². The molecule has 3 N–H and O–H groups in total. The van der Waals surface area contributed by atoms with Crippen LogP contribution in [0.5, 0.6) is 0 Å². The van der Waals surface area contributed by atoms with Crippen molar-refractivity contribution >= 4 is 23.3 Å². The molecule has 0 radical (unpaired) electrons. The lowest BCUT2D eigenvalue weighted by Crippen LogP contribution is -2.26. The number of hydrogen-bond donors (Lipinski definition) is 2. The first-order chi connectivity index (χ1) is 8.22. The van der Waals surface area contributed by atoms with E-state index in [2.05, 4.69) is 17.3 Å². The van der Waals surface area contributed by atoms with E-state index in [1.807, 2.05) is 23.4 Å². The molecule has 0 unspecified atom stereocenters. The van der Waals surface area contributed by atoms with Crippen molar-refractivity contribution in [1.82, 2.24) is 9.78 Å². The fourth-order valence-corrected chi connectivity index (χ4v) is 3.26. The summed E-state index contributed by atoms with van der Waals surface area (Å²) in [4.78, 5) is 0. The summed E-state index contributed by atoms with van der Waals surface area (Å²) in [7, 11) is 0. The SMILES string of the molecule is CCCn1nc(C)c(N)c1NC1CCSCC1. The molecule has 1 aromatic heterocycles. The van der Waals surface area contributed by atoms with Crippen LogP contribution in [0.2, 0.25) is 0 Å². The first-order valence-corrected chi connectivity index (χ1v) is 7.55. The second kappa shape index (κ2) is 5.67. The summed E-state index contributed by atoms with van der Waals surface area (Å²) >= 11 is 2.04. The zero-order valence-electron chi connectivity index (χ0n) is 10.7. The summed E-state index contributed by atoms with van der Waals surface area (Å²) in [6, 6.07) is 0.560. The second-order valence-corrected chi connectivity index (χ2v) is 5.83. The van der Waals surface area contributed by atoms with E-state index in [1.54, 1.807) is 0 Å². The van der Waals surface area contributed by atoms with Gasteiger partial charge in [-0.1, -0.05) is 6.92 Å². The second-order valence-electron chi connectivity index (χ2n) is 4.60. The van der Waals surface area contributed by atoms with E-state index >= 15 is 0 Å². The molecular weight excluding hydrogens is 232 g/mol. The first kappa shape index (κ1) is 12.6. The van der Waals surface area contributed by atoms with Crippen molar-refractivity contribution in [3.05, 3.63) is 5.69 Å². The van der Waals surface area contributed by atoms with Gasteiger partial charge in [0, 0.05) is 12.6 Å². The van der Waals surface area contributed by atoms with E-state index in [0.29, 0.717) is 6.04 Å². The number of aryl methyl sites for hydroxylation is 2. The van der Waals surface area contributed by atoms with Crippen LogP contribution in [-0.2, 0) is 6.54 Å². The molecule has 1 aromatic rings. The molecule has 1 aliphatic rings. The summed E-state index contributed by atoms with van der Waals surface area (Å²) in [5.74, 6) is 3.53. The molecule has 0 aromatic carbocycles. The summed E-state index contributed by atoms with van der Waals surface area (Å²) in [5, 5.41) is 8.07. The molecule has 1 fully saturated rings. The van der Waals surface area contributed by atoms with Gasteiger partial charge in [-0.15, -0.1) is 0 Å². The highest BCUT2D eigenvalue weighted by atomic mass is 32.2. The average Bonchev–Trinajstić information content (AvgIpc) is 2.59. The third-order valence-corrected chi connectivity index (χ3v) is 4.22. The molecule has 0 bridgehead atoms. The number of hydrogen-bond acceptors (Lipinski definition) is 4. The van der Waals surface area contributed by atoms with Crippen LogP contribution in [0.4, 0.5) is 11.5 Å². The normalized spacial score (nSPS) is 17.3. The molecule has 0 spiro atoms. The number of anilines is 2. The molecule has 1 aliphatic heterocycles. The first-order valence-electron chi connectivity index (χ1n) is 6.39. The summed E-state index contributed by atoms with van der Waals surface area (Å²) in [6.45, 7) is 5.07. The minimum absolute atomic E-state index is 0.560. The van der Waals surface area contributed by atoms with Gasteiger partial charge in [-0.2, -0.15) is 16.9 Å². The van der Waals surface area contributed by atoms with Gasteiger partial charge in [0.2, 0.25) is 0 Å². The van der Waals surface area contributed by atoms with E-state index in [0.717, 1.165) is 30.2 Å². The van der Waals surface area contributed by atoms with Crippen LogP contribution in [0.25, 0.3) is 0 Å². The number of nitrogens with two attached hydrogens (primary N) is 1. The number of rotatable bonds is 4. The predicted molar refractivity (Wildman–Crippen MR) is 75.6 cm³/mol. The number of nitrogen functional groups attached to an aromatic ring is 1. The highest BCUT2D eigenvalue weighted by Crippen LogP contribution is 2.26. The summed E-state index contributed by atoms with van der Waals surface area (Å²) in [6.07, 6.45) is 3.52. The van der Waals surface area contributed by atoms with Gasteiger partial charge in [0.25, 0.3) is 0 Å². The van der Waals surface area contributed by atoms with Crippen LogP contribution in [0.3, 0.4) is 0 Å². The van der Waals surface area contributed by atoms with E-state index in [1.165, 1.54) is 24.3 Å². The van der Waals surface area contributed by atoms with Crippen LogP contribution >= 0.6 is 11.8 Å². The van der Waals surface area contributed by atoms with Gasteiger partial charge >= 0.3 is 0 Å². The molecule has 2 rings (SSSR count).